The van der Waals surface area contributed by atoms with Crippen molar-refractivity contribution < 1.29 is 15.0 Å². The molecule has 96 valence electrons. The van der Waals surface area contributed by atoms with Gasteiger partial charge in [-0.25, -0.2) is 4.79 Å². The van der Waals surface area contributed by atoms with Gasteiger partial charge in [0.2, 0.25) is 0 Å². The van der Waals surface area contributed by atoms with Crippen LogP contribution >= 0.6 is 0 Å². The predicted molar refractivity (Wildman–Crippen MR) is 65.9 cm³/mol. The molecular weight excluding hydrogens is 234 g/mol. The number of benzene rings is 1. The number of hydrogen-bond donors (Lipinski definition) is 3. The van der Waals surface area contributed by atoms with E-state index in [4.69, 9.17) is 15.5 Å². The Labute approximate surface area is 105 Å². The molecule has 1 aromatic rings. The maximum Gasteiger partial charge on any atom is 0.321 e. The van der Waals surface area contributed by atoms with E-state index in [9.17, 15) is 4.79 Å². The van der Waals surface area contributed by atoms with Crippen LogP contribution in [0, 0.1) is 11.3 Å². The number of amides is 2. The molecule has 0 aliphatic carbocycles. The Kier molecular flexibility index (Phi) is 5.64. The van der Waals surface area contributed by atoms with Gasteiger partial charge in [0.15, 0.2) is 0 Å². The van der Waals surface area contributed by atoms with E-state index in [1.807, 2.05) is 6.07 Å². The Hall–Kier alpha value is -2.10. The molecule has 0 aliphatic heterocycles. The summed E-state index contributed by atoms with van der Waals surface area (Å²) in [7, 11) is 0. The minimum Gasteiger partial charge on any atom is -0.395 e. The smallest absolute Gasteiger partial charge is 0.321 e. The molecule has 0 saturated carbocycles. The lowest BCUT2D eigenvalue weighted by Crippen LogP contribution is -2.38. The number of rotatable bonds is 5. The number of nitrogens with zero attached hydrogens (tertiary/aromatic N) is 2. The predicted octanol–water partition coefficient (Wildman–Crippen LogP) is 0.377. The van der Waals surface area contributed by atoms with Crippen molar-refractivity contribution in [3.05, 3.63) is 29.8 Å². The first-order valence-corrected chi connectivity index (χ1v) is 5.49. The van der Waals surface area contributed by atoms with Crippen LogP contribution in [0.5, 0.6) is 0 Å². The van der Waals surface area contributed by atoms with Gasteiger partial charge in [-0.15, -0.1) is 0 Å². The van der Waals surface area contributed by atoms with Crippen molar-refractivity contribution >= 4 is 11.7 Å². The Bertz CT molecular complexity index is 436. The second kappa shape index (κ2) is 7.27. The van der Waals surface area contributed by atoms with Gasteiger partial charge in [-0.2, -0.15) is 5.26 Å². The van der Waals surface area contributed by atoms with Crippen molar-refractivity contribution in [1.29, 1.82) is 5.26 Å². The molecule has 2 amide bonds. The van der Waals surface area contributed by atoms with Crippen LogP contribution in [0.15, 0.2) is 24.3 Å². The third kappa shape index (κ3) is 4.05. The number of nitriles is 1. The van der Waals surface area contributed by atoms with E-state index in [1.165, 1.54) is 4.90 Å². The van der Waals surface area contributed by atoms with Crippen LogP contribution < -0.4 is 5.32 Å². The molecule has 0 saturated heterocycles. The summed E-state index contributed by atoms with van der Waals surface area (Å²) in [5.74, 6) is 0. The molecule has 0 aliphatic rings. The van der Waals surface area contributed by atoms with E-state index in [2.05, 4.69) is 5.32 Å². The van der Waals surface area contributed by atoms with Crippen LogP contribution in [-0.4, -0.2) is 47.4 Å². The fourth-order valence-electron chi connectivity index (χ4n) is 1.43. The van der Waals surface area contributed by atoms with Crippen LogP contribution in [0.4, 0.5) is 10.5 Å². The van der Waals surface area contributed by atoms with E-state index in [0.29, 0.717) is 11.3 Å². The van der Waals surface area contributed by atoms with Crippen molar-refractivity contribution in [1.82, 2.24) is 4.90 Å². The molecule has 0 unspecified atom stereocenters. The summed E-state index contributed by atoms with van der Waals surface area (Å²) in [6, 6.07) is 8.06. The highest BCUT2D eigenvalue weighted by Crippen LogP contribution is 2.10. The monoisotopic (exact) mass is 249 g/mol. The van der Waals surface area contributed by atoms with Gasteiger partial charge in [0.05, 0.1) is 24.8 Å². The molecule has 0 heterocycles. The first-order chi connectivity index (χ1) is 8.71. The first-order valence-electron chi connectivity index (χ1n) is 5.49. The molecular formula is C12H15N3O3. The zero-order chi connectivity index (χ0) is 13.4. The summed E-state index contributed by atoms with van der Waals surface area (Å²) in [5.41, 5.74) is 0.948. The molecule has 0 fully saturated rings. The van der Waals surface area contributed by atoms with Crippen LogP contribution in [0.3, 0.4) is 0 Å². The number of hydrogen-bond acceptors (Lipinski definition) is 4. The summed E-state index contributed by atoms with van der Waals surface area (Å²) in [4.78, 5) is 13.1. The van der Waals surface area contributed by atoms with Gasteiger partial charge in [0.25, 0.3) is 0 Å². The van der Waals surface area contributed by atoms with Crippen LogP contribution in [-0.2, 0) is 0 Å². The summed E-state index contributed by atoms with van der Waals surface area (Å²) in [6.45, 7) is -0.0635. The van der Waals surface area contributed by atoms with E-state index >= 15 is 0 Å². The summed E-state index contributed by atoms with van der Waals surface area (Å²) in [5, 5.41) is 29.0. The van der Waals surface area contributed by atoms with Crippen molar-refractivity contribution in [2.45, 2.75) is 0 Å². The second-order valence-electron chi connectivity index (χ2n) is 3.56. The average molecular weight is 249 g/mol. The van der Waals surface area contributed by atoms with Gasteiger partial charge < -0.3 is 20.4 Å². The second-order valence-corrected chi connectivity index (χ2v) is 3.56. The standard InChI is InChI=1S/C12H15N3O3/c13-9-10-2-1-3-11(8-10)14-12(18)15(4-6-16)5-7-17/h1-3,8,16-17H,4-7H2,(H,14,18). The minimum atomic E-state index is -0.423. The number of aliphatic hydroxyl groups is 2. The number of anilines is 1. The topological polar surface area (TPSA) is 96.6 Å². The van der Waals surface area contributed by atoms with Crippen LogP contribution in [0.1, 0.15) is 5.56 Å². The fraction of sp³-hybridized carbons (Fsp3) is 0.333. The van der Waals surface area contributed by atoms with E-state index in [-0.39, 0.29) is 26.3 Å². The van der Waals surface area contributed by atoms with E-state index in [0.717, 1.165) is 0 Å². The highest BCUT2D eigenvalue weighted by Gasteiger charge is 2.12. The molecule has 3 N–H and O–H groups in total. The molecule has 18 heavy (non-hydrogen) atoms. The molecule has 6 heteroatoms. The van der Waals surface area contributed by atoms with Crippen LogP contribution in [0.2, 0.25) is 0 Å². The maximum atomic E-state index is 11.8. The van der Waals surface area contributed by atoms with Crippen LogP contribution in [0.25, 0.3) is 0 Å². The molecule has 0 spiro atoms. The molecule has 0 bridgehead atoms. The number of urea groups is 1. The normalized spacial score (nSPS) is 9.61. The SMILES string of the molecule is N#Cc1cccc(NC(=O)N(CCO)CCO)c1. The number of nitrogens with one attached hydrogen (secondary N) is 1. The van der Waals surface area contributed by atoms with Crippen molar-refractivity contribution in [2.75, 3.05) is 31.6 Å². The molecule has 6 nitrogen and oxygen atoms in total. The van der Waals surface area contributed by atoms with Gasteiger partial charge in [-0.05, 0) is 18.2 Å². The summed E-state index contributed by atoms with van der Waals surface area (Å²) < 4.78 is 0. The Morgan fingerprint density at radius 2 is 2.00 bits per heavy atom. The third-order valence-electron chi connectivity index (χ3n) is 2.27. The van der Waals surface area contributed by atoms with Crippen molar-refractivity contribution in [3.63, 3.8) is 0 Å². The lowest BCUT2D eigenvalue weighted by Gasteiger charge is -2.21. The number of aliphatic hydroxyl groups excluding tert-OH is 2. The zero-order valence-corrected chi connectivity index (χ0v) is 9.83. The molecule has 0 atom stereocenters. The van der Waals surface area contributed by atoms with Crippen molar-refractivity contribution in [2.24, 2.45) is 0 Å². The summed E-state index contributed by atoms with van der Waals surface area (Å²) >= 11 is 0. The Morgan fingerprint density at radius 1 is 1.33 bits per heavy atom. The molecule has 0 radical (unpaired) electrons. The summed E-state index contributed by atoms with van der Waals surface area (Å²) in [6.07, 6.45) is 0. The van der Waals surface area contributed by atoms with E-state index in [1.54, 1.807) is 24.3 Å². The lowest BCUT2D eigenvalue weighted by atomic mass is 10.2. The molecule has 1 rings (SSSR count). The maximum absolute atomic E-state index is 11.8. The Balaban J connectivity index is 2.69. The number of carbonyl (C=O) groups excluding carboxylic acids is 1. The van der Waals surface area contributed by atoms with Gasteiger partial charge in [0.1, 0.15) is 0 Å². The first kappa shape index (κ1) is 14.0. The Morgan fingerprint density at radius 3 is 2.56 bits per heavy atom. The van der Waals surface area contributed by atoms with Crippen molar-refractivity contribution in [3.8, 4) is 6.07 Å². The number of carbonyl (C=O) groups is 1. The average Bonchev–Trinajstić information content (AvgIpc) is 2.38. The minimum absolute atomic E-state index is 0.143. The van der Waals surface area contributed by atoms with Gasteiger partial charge in [-0.3, -0.25) is 0 Å². The van der Waals surface area contributed by atoms with Gasteiger partial charge in [0, 0.05) is 18.8 Å². The van der Waals surface area contributed by atoms with Gasteiger partial charge >= 0.3 is 6.03 Å². The lowest BCUT2D eigenvalue weighted by molar-refractivity contribution is 0.167. The quantitative estimate of drug-likeness (QED) is 0.702. The third-order valence-corrected chi connectivity index (χ3v) is 2.27. The fourth-order valence-corrected chi connectivity index (χ4v) is 1.43. The highest BCUT2D eigenvalue weighted by molar-refractivity contribution is 5.89. The molecule has 0 aromatic heterocycles. The van der Waals surface area contributed by atoms with E-state index < -0.39 is 6.03 Å². The highest BCUT2D eigenvalue weighted by atomic mass is 16.3. The zero-order valence-electron chi connectivity index (χ0n) is 9.83. The van der Waals surface area contributed by atoms with Gasteiger partial charge in [-0.1, -0.05) is 6.07 Å². The molecule has 1 aromatic carbocycles. The largest absolute Gasteiger partial charge is 0.395 e.